The number of benzene rings is 1. The summed E-state index contributed by atoms with van der Waals surface area (Å²) < 4.78 is 0. The molecule has 1 saturated carbocycles. The monoisotopic (exact) mass is 342 g/mol. The van der Waals surface area contributed by atoms with Gasteiger partial charge in [0.2, 0.25) is 0 Å². The lowest BCUT2D eigenvalue weighted by Crippen LogP contribution is -2.46. The van der Waals surface area contributed by atoms with Gasteiger partial charge in [-0.2, -0.15) is 0 Å². The molecule has 2 fully saturated rings. The van der Waals surface area contributed by atoms with E-state index in [0.717, 1.165) is 43.4 Å². The molecular formula is C20H26N2O3. The molecule has 5 heteroatoms. The van der Waals surface area contributed by atoms with E-state index in [4.69, 9.17) is 0 Å². The third-order valence-electron chi connectivity index (χ3n) is 5.32. The van der Waals surface area contributed by atoms with Crippen molar-refractivity contribution in [2.45, 2.75) is 63.8 Å². The Morgan fingerprint density at radius 1 is 1.08 bits per heavy atom. The quantitative estimate of drug-likeness (QED) is 0.658. The molecule has 2 aliphatic rings. The van der Waals surface area contributed by atoms with Gasteiger partial charge in [-0.1, -0.05) is 63.3 Å². The number of carbonyl (C=O) groups is 3. The smallest absolute Gasteiger partial charge is 0.323 e. The summed E-state index contributed by atoms with van der Waals surface area (Å²) in [5, 5.41) is 2.88. The summed E-state index contributed by atoms with van der Waals surface area (Å²) in [4.78, 5) is 38.8. The van der Waals surface area contributed by atoms with E-state index >= 15 is 0 Å². The highest BCUT2D eigenvalue weighted by molar-refractivity contribution is 6.11. The van der Waals surface area contributed by atoms with Gasteiger partial charge in [0.15, 0.2) is 5.78 Å². The average Bonchev–Trinajstić information content (AvgIpc) is 2.77. The van der Waals surface area contributed by atoms with Gasteiger partial charge in [0.05, 0.1) is 6.54 Å². The molecule has 3 rings (SSSR count). The maximum atomic E-state index is 12.8. The second-order valence-electron chi connectivity index (χ2n) is 7.19. The number of aryl methyl sites for hydroxylation is 1. The zero-order valence-electron chi connectivity index (χ0n) is 14.8. The van der Waals surface area contributed by atoms with E-state index in [-0.39, 0.29) is 18.2 Å². The summed E-state index contributed by atoms with van der Waals surface area (Å²) in [5.74, 6) is -0.424. The normalized spacial score (nSPS) is 19.8. The highest BCUT2D eigenvalue weighted by Gasteiger charge is 2.51. The Balaban J connectivity index is 1.70. The van der Waals surface area contributed by atoms with Crippen LogP contribution >= 0.6 is 0 Å². The van der Waals surface area contributed by atoms with E-state index in [0.29, 0.717) is 18.4 Å². The van der Waals surface area contributed by atoms with E-state index in [2.05, 4.69) is 12.2 Å². The van der Waals surface area contributed by atoms with Crippen LogP contribution in [-0.2, 0) is 11.2 Å². The minimum Gasteiger partial charge on any atom is -0.323 e. The van der Waals surface area contributed by atoms with Gasteiger partial charge in [-0.05, 0) is 24.8 Å². The van der Waals surface area contributed by atoms with Gasteiger partial charge in [-0.25, -0.2) is 4.79 Å². The Kier molecular flexibility index (Phi) is 5.21. The number of nitrogens with one attached hydrogen (secondary N) is 1. The lowest BCUT2D eigenvalue weighted by molar-refractivity contribution is -0.131. The molecule has 3 amide bonds. The van der Waals surface area contributed by atoms with Gasteiger partial charge in [-0.15, -0.1) is 0 Å². The number of Topliss-reactive ketones (excluding diaryl/α,β-unsaturated/α-hetero) is 1. The molecule has 1 spiro atoms. The van der Waals surface area contributed by atoms with E-state index in [1.807, 2.05) is 12.1 Å². The van der Waals surface area contributed by atoms with Crippen LogP contribution < -0.4 is 5.32 Å². The molecule has 0 radical (unpaired) electrons. The summed E-state index contributed by atoms with van der Waals surface area (Å²) in [6.45, 7) is 1.93. The lowest BCUT2D eigenvalue weighted by atomic mass is 9.90. The Morgan fingerprint density at radius 3 is 2.32 bits per heavy atom. The van der Waals surface area contributed by atoms with Crippen molar-refractivity contribution < 1.29 is 14.4 Å². The number of hydrogen-bond acceptors (Lipinski definition) is 3. The molecular weight excluding hydrogens is 316 g/mol. The molecule has 0 atom stereocenters. The minimum atomic E-state index is -0.779. The lowest BCUT2D eigenvalue weighted by Gasteiger charge is -2.24. The number of rotatable bonds is 5. The fourth-order valence-corrected chi connectivity index (χ4v) is 3.87. The van der Waals surface area contributed by atoms with Crippen LogP contribution in [0.2, 0.25) is 0 Å². The largest absolute Gasteiger partial charge is 0.325 e. The third kappa shape index (κ3) is 3.60. The van der Waals surface area contributed by atoms with Gasteiger partial charge in [0, 0.05) is 5.56 Å². The molecule has 1 N–H and O–H groups in total. The van der Waals surface area contributed by atoms with E-state index in [1.165, 1.54) is 5.56 Å². The first kappa shape index (κ1) is 17.6. The van der Waals surface area contributed by atoms with E-state index in [9.17, 15) is 14.4 Å². The van der Waals surface area contributed by atoms with Crippen molar-refractivity contribution in [2.75, 3.05) is 6.54 Å². The second kappa shape index (κ2) is 7.38. The van der Waals surface area contributed by atoms with Crippen molar-refractivity contribution in [1.29, 1.82) is 0 Å². The fourth-order valence-electron chi connectivity index (χ4n) is 3.87. The third-order valence-corrected chi connectivity index (χ3v) is 5.32. The molecule has 0 aromatic heterocycles. The van der Waals surface area contributed by atoms with Crippen molar-refractivity contribution >= 4 is 17.7 Å². The highest BCUT2D eigenvalue weighted by Crippen LogP contribution is 2.32. The van der Waals surface area contributed by atoms with Crippen LogP contribution in [0.15, 0.2) is 24.3 Å². The number of imide groups is 1. The predicted octanol–water partition coefficient (Wildman–Crippen LogP) is 3.47. The summed E-state index contributed by atoms with van der Waals surface area (Å²) in [6, 6.07) is 7.02. The summed E-state index contributed by atoms with van der Waals surface area (Å²) in [6.07, 6.45) is 7.44. The topological polar surface area (TPSA) is 66.5 Å². The molecule has 134 valence electrons. The Bertz CT molecular complexity index is 658. The maximum Gasteiger partial charge on any atom is 0.325 e. The van der Waals surface area contributed by atoms with Crippen LogP contribution in [0.4, 0.5) is 4.79 Å². The van der Waals surface area contributed by atoms with Gasteiger partial charge in [0.1, 0.15) is 5.54 Å². The molecule has 1 aromatic carbocycles. The van der Waals surface area contributed by atoms with Crippen LogP contribution in [0, 0.1) is 0 Å². The zero-order chi connectivity index (χ0) is 17.9. The molecule has 5 nitrogen and oxygen atoms in total. The van der Waals surface area contributed by atoms with Gasteiger partial charge in [0.25, 0.3) is 5.91 Å². The van der Waals surface area contributed by atoms with Crippen molar-refractivity contribution in [2.24, 2.45) is 0 Å². The van der Waals surface area contributed by atoms with Crippen molar-refractivity contribution in [3.8, 4) is 0 Å². The van der Waals surface area contributed by atoms with Crippen molar-refractivity contribution in [3.05, 3.63) is 35.4 Å². The minimum absolute atomic E-state index is 0.181. The summed E-state index contributed by atoms with van der Waals surface area (Å²) in [5.41, 5.74) is 0.951. The molecule has 1 aliphatic carbocycles. The average molecular weight is 342 g/mol. The van der Waals surface area contributed by atoms with Crippen LogP contribution in [-0.4, -0.2) is 34.7 Å². The first-order chi connectivity index (χ1) is 12.1. The first-order valence-corrected chi connectivity index (χ1v) is 9.32. The molecule has 0 bridgehead atoms. The maximum absolute atomic E-state index is 12.8. The van der Waals surface area contributed by atoms with E-state index < -0.39 is 11.6 Å². The van der Waals surface area contributed by atoms with Crippen molar-refractivity contribution in [1.82, 2.24) is 10.2 Å². The fraction of sp³-hybridized carbons (Fsp3) is 0.550. The number of hydrogen-bond donors (Lipinski definition) is 1. The Morgan fingerprint density at radius 2 is 1.72 bits per heavy atom. The molecule has 0 unspecified atom stereocenters. The Hall–Kier alpha value is -2.17. The van der Waals surface area contributed by atoms with Crippen LogP contribution in [0.1, 0.15) is 67.8 Å². The van der Waals surface area contributed by atoms with Gasteiger partial charge in [-0.3, -0.25) is 14.5 Å². The SMILES string of the molecule is CCCc1ccc(C(=O)CN2C(=O)NC3(CCCCCC3)C2=O)cc1. The van der Waals surface area contributed by atoms with Crippen LogP contribution in [0.25, 0.3) is 0 Å². The van der Waals surface area contributed by atoms with E-state index in [1.54, 1.807) is 12.1 Å². The van der Waals surface area contributed by atoms with Crippen LogP contribution in [0.3, 0.4) is 0 Å². The van der Waals surface area contributed by atoms with Crippen molar-refractivity contribution in [3.63, 3.8) is 0 Å². The highest BCUT2D eigenvalue weighted by atomic mass is 16.2. The Labute approximate surface area is 148 Å². The van der Waals surface area contributed by atoms with Crippen LogP contribution in [0.5, 0.6) is 0 Å². The summed E-state index contributed by atoms with van der Waals surface area (Å²) in [7, 11) is 0. The predicted molar refractivity (Wildman–Crippen MR) is 95.4 cm³/mol. The number of amides is 3. The number of urea groups is 1. The second-order valence-corrected chi connectivity index (χ2v) is 7.19. The standard InChI is InChI=1S/C20H26N2O3/c1-2-7-15-8-10-16(11-9-15)17(23)14-22-18(24)20(21-19(22)25)12-5-3-4-6-13-20/h8-11H,2-7,12-14H2,1H3,(H,21,25). The first-order valence-electron chi connectivity index (χ1n) is 9.32. The number of nitrogens with zero attached hydrogens (tertiary/aromatic N) is 1. The van der Waals surface area contributed by atoms with Gasteiger partial charge < -0.3 is 5.32 Å². The molecule has 25 heavy (non-hydrogen) atoms. The van der Waals surface area contributed by atoms with Gasteiger partial charge >= 0.3 is 6.03 Å². The zero-order valence-corrected chi connectivity index (χ0v) is 14.8. The molecule has 1 saturated heterocycles. The summed E-state index contributed by atoms with van der Waals surface area (Å²) >= 11 is 0. The number of carbonyl (C=O) groups excluding carboxylic acids is 3. The number of ketones is 1. The molecule has 1 aliphatic heterocycles. The molecule has 1 heterocycles. The molecule has 1 aromatic rings.